The molecule has 25 heavy (non-hydrogen) atoms. The van der Waals surface area contributed by atoms with E-state index in [0.717, 1.165) is 57.5 Å². The van der Waals surface area contributed by atoms with Crippen LogP contribution in [0.4, 0.5) is 5.69 Å². The molecule has 0 amide bonds. The van der Waals surface area contributed by atoms with Crippen molar-refractivity contribution in [1.29, 1.82) is 0 Å². The summed E-state index contributed by atoms with van der Waals surface area (Å²) in [5.41, 5.74) is 6.21. The van der Waals surface area contributed by atoms with Crippen LogP contribution in [0.25, 0.3) is 0 Å². The highest BCUT2D eigenvalue weighted by Crippen LogP contribution is 2.51. The Kier molecular flexibility index (Phi) is 4.34. The smallest absolute Gasteiger partial charge is 0.143 e. The van der Waals surface area contributed by atoms with E-state index >= 15 is 0 Å². The van der Waals surface area contributed by atoms with E-state index in [9.17, 15) is 0 Å². The summed E-state index contributed by atoms with van der Waals surface area (Å²) in [7, 11) is 0. The molecule has 1 saturated heterocycles. The topological polar surface area (TPSA) is 33.7 Å². The second-order valence-electron chi connectivity index (χ2n) is 8.08. The summed E-state index contributed by atoms with van der Waals surface area (Å²) >= 11 is 0. The molecule has 5 rings (SSSR count). The van der Waals surface area contributed by atoms with E-state index in [1.165, 1.54) is 49.8 Å². The Morgan fingerprint density at radius 1 is 1.08 bits per heavy atom. The van der Waals surface area contributed by atoms with Gasteiger partial charge in [0.05, 0.1) is 18.3 Å². The van der Waals surface area contributed by atoms with Crippen molar-refractivity contribution < 1.29 is 9.47 Å². The molecule has 3 heterocycles. The van der Waals surface area contributed by atoms with E-state index in [1.54, 1.807) is 11.1 Å². The minimum atomic E-state index is 0.396. The number of hydrogen-bond donors (Lipinski definition) is 1. The summed E-state index contributed by atoms with van der Waals surface area (Å²) in [6.45, 7) is 5.98. The highest BCUT2D eigenvalue weighted by Gasteiger charge is 2.36. The first-order valence-electron chi connectivity index (χ1n) is 10.3. The Hall–Kier alpha value is -1.26. The molecular weight excluding hydrogens is 312 g/mol. The number of nitrogens with one attached hydrogen (secondary N) is 1. The molecule has 1 aromatic rings. The number of rotatable bonds is 3. The first-order chi connectivity index (χ1) is 12.4. The van der Waals surface area contributed by atoms with E-state index in [2.05, 4.69) is 16.3 Å². The minimum absolute atomic E-state index is 0.396. The molecule has 0 bridgehead atoms. The van der Waals surface area contributed by atoms with Gasteiger partial charge in [-0.05, 0) is 86.7 Å². The molecule has 0 spiro atoms. The fraction of sp³-hybridized carbons (Fsp3) is 0.714. The van der Waals surface area contributed by atoms with Gasteiger partial charge in [0.1, 0.15) is 12.4 Å². The third-order valence-electron chi connectivity index (χ3n) is 6.25. The van der Waals surface area contributed by atoms with E-state index in [1.807, 2.05) is 0 Å². The van der Waals surface area contributed by atoms with Crippen molar-refractivity contribution in [2.45, 2.75) is 57.0 Å². The van der Waals surface area contributed by atoms with Gasteiger partial charge < -0.3 is 19.7 Å². The Labute approximate surface area is 150 Å². The predicted molar refractivity (Wildman–Crippen MR) is 100.0 cm³/mol. The van der Waals surface area contributed by atoms with Crippen molar-refractivity contribution in [3.8, 4) is 5.75 Å². The third-order valence-corrected chi connectivity index (χ3v) is 6.25. The van der Waals surface area contributed by atoms with Crippen molar-refractivity contribution in [2.75, 3.05) is 44.3 Å². The van der Waals surface area contributed by atoms with Gasteiger partial charge in [0, 0.05) is 13.2 Å². The van der Waals surface area contributed by atoms with Gasteiger partial charge in [-0.15, -0.1) is 0 Å². The molecule has 1 atom stereocenters. The molecule has 4 nitrogen and oxygen atoms in total. The molecule has 4 aliphatic rings. The summed E-state index contributed by atoms with van der Waals surface area (Å²) in [5.74, 6) is 1.91. The summed E-state index contributed by atoms with van der Waals surface area (Å²) in [4.78, 5) is 2.60. The molecule has 4 heteroatoms. The Morgan fingerprint density at radius 2 is 2.00 bits per heavy atom. The molecule has 0 radical (unpaired) electrons. The number of anilines is 1. The molecule has 1 aromatic carbocycles. The zero-order chi connectivity index (χ0) is 16.6. The van der Waals surface area contributed by atoms with Crippen molar-refractivity contribution in [3.05, 3.63) is 22.8 Å². The minimum Gasteiger partial charge on any atom is -0.490 e. The molecule has 1 N–H and O–H groups in total. The van der Waals surface area contributed by atoms with Gasteiger partial charge in [-0.1, -0.05) is 0 Å². The van der Waals surface area contributed by atoms with Gasteiger partial charge in [0.2, 0.25) is 0 Å². The predicted octanol–water partition coefficient (Wildman–Crippen LogP) is 3.02. The number of nitrogens with zero attached hydrogens (tertiary/aromatic N) is 1. The molecule has 1 aliphatic carbocycles. The van der Waals surface area contributed by atoms with Crippen molar-refractivity contribution in [2.24, 2.45) is 0 Å². The van der Waals surface area contributed by atoms with Crippen LogP contribution >= 0.6 is 0 Å². The normalized spacial score (nSPS) is 26.4. The van der Waals surface area contributed by atoms with E-state index < -0.39 is 0 Å². The van der Waals surface area contributed by atoms with Gasteiger partial charge in [0.25, 0.3) is 0 Å². The van der Waals surface area contributed by atoms with Crippen LogP contribution in [-0.4, -0.2) is 45.5 Å². The lowest BCUT2D eigenvalue weighted by Crippen LogP contribution is -2.41. The first-order valence-corrected chi connectivity index (χ1v) is 10.3. The Bertz CT molecular complexity index is 635. The summed E-state index contributed by atoms with van der Waals surface area (Å²) in [5, 5.41) is 3.57. The maximum atomic E-state index is 6.17. The van der Waals surface area contributed by atoms with Gasteiger partial charge >= 0.3 is 0 Å². The average molecular weight is 342 g/mol. The second kappa shape index (κ2) is 6.81. The van der Waals surface area contributed by atoms with Gasteiger partial charge in [-0.3, -0.25) is 0 Å². The van der Waals surface area contributed by atoms with Crippen LogP contribution in [0.15, 0.2) is 6.07 Å². The summed E-state index contributed by atoms with van der Waals surface area (Å²) < 4.78 is 12.2. The van der Waals surface area contributed by atoms with Crippen LogP contribution < -0.4 is 15.0 Å². The number of ether oxygens (including phenoxy) is 2. The second-order valence-corrected chi connectivity index (χ2v) is 8.08. The van der Waals surface area contributed by atoms with Crippen LogP contribution in [0.3, 0.4) is 0 Å². The van der Waals surface area contributed by atoms with Crippen LogP contribution in [0.5, 0.6) is 5.75 Å². The molecule has 2 fully saturated rings. The molecule has 1 saturated carbocycles. The number of hydrogen-bond acceptors (Lipinski definition) is 4. The number of benzene rings is 1. The van der Waals surface area contributed by atoms with Gasteiger partial charge in [-0.2, -0.15) is 0 Å². The fourth-order valence-corrected chi connectivity index (χ4v) is 4.85. The van der Waals surface area contributed by atoms with Crippen LogP contribution in [0.2, 0.25) is 0 Å². The molecule has 0 aromatic heterocycles. The number of fused-ring (bicyclic) bond motifs is 2. The zero-order valence-corrected chi connectivity index (χ0v) is 15.2. The fourth-order valence-electron chi connectivity index (χ4n) is 4.85. The van der Waals surface area contributed by atoms with Gasteiger partial charge in [-0.25, -0.2) is 0 Å². The van der Waals surface area contributed by atoms with E-state index in [-0.39, 0.29) is 0 Å². The molecule has 3 aliphatic heterocycles. The van der Waals surface area contributed by atoms with E-state index in [0.29, 0.717) is 6.10 Å². The lowest BCUT2D eigenvalue weighted by atomic mass is 9.90. The third kappa shape index (κ3) is 3.15. The monoisotopic (exact) mass is 342 g/mol. The lowest BCUT2D eigenvalue weighted by Gasteiger charge is -2.37. The standard InChI is InChI=1S/C21H30N2O2/c1-2-11-24-17(3-1)14-23-10-12-25-19-13-16-6-8-22-9-7-18(16)20(21(19)23)15-4-5-15/h13,15,17,22H,1-12,14H2. The highest BCUT2D eigenvalue weighted by atomic mass is 16.5. The zero-order valence-electron chi connectivity index (χ0n) is 15.2. The molecular formula is C21H30N2O2. The summed E-state index contributed by atoms with van der Waals surface area (Å²) in [6.07, 6.45) is 9.15. The summed E-state index contributed by atoms with van der Waals surface area (Å²) in [6, 6.07) is 2.36. The van der Waals surface area contributed by atoms with Crippen LogP contribution in [0.1, 0.15) is 54.7 Å². The van der Waals surface area contributed by atoms with Crippen molar-refractivity contribution in [1.82, 2.24) is 5.32 Å². The first kappa shape index (κ1) is 16.0. The maximum Gasteiger partial charge on any atom is 0.143 e. The average Bonchev–Trinajstić information content (AvgIpc) is 3.48. The SMILES string of the molecule is c1c2c(c(C3CC3)c3c1OCCN3CC1CCCCO1)CCNCC2. The van der Waals surface area contributed by atoms with Crippen LogP contribution in [-0.2, 0) is 17.6 Å². The molecule has 1 unspecified atom stereocenters. The largest absolute Gasteiger partial charge is 0.490 e. The maximum absolute atomic E-state index is 6.17. The highest BCUT2D eigenvalue weighted by molar-refractivity contribution is 5.71. The quantitative estimate of drug-likeness (QED) is 0.915. The lowest BCUT2D eigenvalue weighted by molar-refractivity contribution is 0.0203. The van der Waals surface area contributed by atoms with Crippen molar-refractivity contribution in [3.63, 3.8) is 0 Å². The molecule has 136 valence electrons. The van der Waals surface area contributed by atoms with Gasteiger partial charge in [0.15, 0.2) is 0 Å². The Morgan fingerprint density at radius 3 is 2.84 bits per heavy atom. The van der Waals surface area contributed by atoms with Crippen LogP contribution in [0, 0.1) is 0 Å². The van der Waals surface area contributed by atoms with E-state index in [4.69, 9.17) is 9.47 Å². The Balaban J connectivity index is 1.53. The van der Waals surface area contributed by atoms with Crippen molar-refractivity contribution >= 4 is 5.69 Å².